The minimum atomic E-state index is -0.328. The lowest BCUT2D eigenvalue weighted by molar-refractivity contribution is 0.0949. The Morgan fingerprint density at radius 1 is 0.886 bits per heavy atom. The van der Waals surface area contributed by atoms with Gasteiger partial charge in [-0.05, 0) is 65.7 Å². The Balaban J connectivity index is 1.31. The predicted molar refractivity (Wildman–Crippen MR) is 133 cm³/mol. The first-order chi connectivity index (χ1) is 17.0. The third-order valence-electron chi connectivity index (χ3n) is 5.14. The molecule has 0 radical (unpaired) electrons. The molecule has 1 heterocycles. The fraction of sp³-hybridized carbons (Fsp3) is 0.111. The molecule has 0 aliphatic rings. The summed E-state index contributed by atoms with van der Waals surface area (Å²) in [5.41, 5.74) is 2.91. The Hall–Kier alpha value is -4.23. The lowest BCUT2D eigenvalue weighted by Crippen LogP contribution is -2.22. The van der Waals surface area contributed by atoms with Crippen molar-refractivity contribution < 1.29 is 23.5 Å². The number of rotatable bonds is 9. The molecule has 0 fully saturated rings. The van der Waals surface area contributed by atoms with Crippen LogP contribution in [0.15, 0.2) is 89.5 Å². The number of hydrogen-bond donors (Lipinski definition) is 2. The topological polar surface area (TPSA) is 89.8 Å². The number of carbonyl (C=O) groups excluding carboxylic acids is 2. The van der Waals surface area contributed by atoms with Crippen LogP contribution in [0.4, 0.5) is 5.69 Å². The van der Waals surface area contributed by atoms with Crippen molar-refractivity contribution in [1.82, 2.24) is 5.32 Å². The first kappa shape index (κ1) is 23.9. The van der Waals surface area contributed by atoms with Gasteiger partial charge in [-0.2, -0.15) is 0 Å². The predicted octanol–water partition coefficient (Wildman–Crippen LogP) is 5.70. The lowest BCUT2D eigenvalue weighted by Gasteiger charge is -2.13. The molecule has 4 aromatic rings. The molecule has 4 rings (SSSR count). The van der Waals surface area contributed by atoms with Gasteiger partial charge >= 0.3 is 0 Å². The second kappa shape index (κ2) is 11.3. The van der Waals surface area contributed by atoms with Gasteiger partial charge in [0.05, 0.1) is 13.4 Å². The highest BCUT2D eigenvalue weighted by molar-refractivity contribution is 6.30. The summed E-state index contributed by atoms with van der Waals surface area (Å²) in [7, 11) is 1.53. The summed E-state index contributed by atoms with van der Waals surface area (Å²) in [4.78, 5) is 24.7. The maximum absolute atomic E-state index is 12.7. The van der Waals surface area contributed by atoms with E-state index in [9.17, 15) is 9.59 Å². The van der Waals surface area contributed by atoms with Crippen molar-refractivity contribution in [1.29, 1.82) is 0 Å². The van der Waals surface area contributed by atoms with E-state index < -0.39 is 0 Å². The minimum Gasteiger partial charge on any atom is -0.493 e. The van der Waals surface area contributed by atoms with Gasteiger partial charge in [-0.3, -0.25) is 9.59 Å². The number of furan rings is 1. The largest absolute Gasteiger partial charge is 0.493 e. The highest BCUT2D eigenvalue weighted by Gasteiger charge is 2.12. The van der Waals surface area contributed by atoms with Gasteiger partial charge in [0, 0.05) is 22.8 Å². The maximum atomic E-state index is 12.7. The Labute approximate surface area is 207 Å². The monoisotopic (exact) mass is 490 g/mol. The van der Waals surface area contributed by atoms with E-state index >= 15 is 0 Å². The summed E-state index contributed by atoms with van der Waals surface area (Å²) in [6, 6.07) is 22.8. The molecule has 0 unspecified atom stereocenters. The number of benzene rings is 3. The summed E-state index contributed by atoms with van der Waals surface area (Å²) in [6.07, 6.45) is 1.44. The van der Waals surface area contributed by atoms with Crippen LogP contribution in [0.1, 0.15) is 32.0 Å². The first-order valence-corrected chi connectivity index (χ1v) is 11.2. The molecule has 1 aromatic heterocycles. The molecular formula is C27H23ClN2O5. The number of halogens is 1. The average Bonchev–Trinajstić information content (AvgIpc) is 3.43. The van der Waals surface area contributed by atoms with Crippen molar-refractivity contribution in [2.45, 2.75) is 13.2 Å². The molecule has 0 bridgehead atoms. The van der Waals surface area contributed by atoms with Crippen LogP contribution in [-0.4, -0.2) is 18.9 Å². The van der Waals surface area contributed by atoms with Crippen molar-refractivity contribution in [3.63, 3.8) is 0 Å². The molecule has 8 heteroatoms. The molecule has 2 amide bonds. The van der Waals surface area contributed by atoms with Gasteiger partial charge in [0.25, 0.3) is 11.8 Å². The number of methoxy groups -OCH3 is 1. The molecule has 2 N–H and O–H groups in total. The van der Waals surface area contributed by atoms with E-state index in [4.69, 9.17) is 25.5 Å². The summed E-state index contributed by atoms with van der Waals surface area (Å²) in [5.74, 6) is 0.654. The molecular weight excluding hydrogens is 468 g/mol. The van der Waals surface area contributed by atoms with Crippen molar-refractivity contribution in [2.24, 2.45) is 0 Å². The molecule has 0 aliphatic heterocycles. The van der Waals surface area contributed by atoms with E-state index in [-0.39, 0.29) is 17.6 Å². The summed E-state index contributed by atoms with van der Waals surface area (Å²) >= 11 is 5.91. The molecule has 0 spiro atoms. The van der Waals surface area contributed by atoms with Crippen LogP contribution in [0.3, 0.4) is 0 Å². The molecule has 3 aromatic carbocycles. The number of anilines is 1. The van der Waals surface area contributed by atoms with E-state index in [1.807, 2.05) is 24.3 Å². The fourth-order valence-electron chi connectivity index (χ4n) is 3.26. The molecule has 0 saturated carbocycles. The second-order valence-electron chi connectivity index (χ2n) is 7.59. The van der Waals surface area contributed by atoms with Crippen LogP contribution in [0.2, 0.25) is 5.02 Å². The standard InChI is InChI=1S/C27H23ClN2O5/c1-33-25-15-20(8-13-23(25)35-17-19-4-9-21(28)10-5-19)26(31)29-16-18-6-11-22(12-7-18)30-27(32)24-3-2-14-34-24/h2-15H,16-17H2,1H3,(H,29,31)(H,30,32). The first-order valence-electron chi connectivity index (χ1n) is 10.8. The van der Waals surface area contributed by atoms with Gasteiger partial charge in [0.15, 0.2) is 17.3 Å². The van der Waals surface area contributed by atoms with E-state index in [0.717, 1.165) is 11.1 Å². The van der Waals surface area contributed by atoms with Gasteiger partial charge in [0.1, 0.15) is 6.61 Å². The zero-order valence-corrected chi connectivity index (χ0v) is 19.7. The van der Waals surface area contributed by atoms with E-state index in [1.54, 1.807) is 54.6 Å². The zero-order chi connectivity index (χ0) is 24.6. The van der Waals surface area contributed by atoms with Crippen molar-refractivity contribution in [3.05, 3.63) is 113 Å². The molecule has 0 aliphatic carbocycles. The number of carbonyl (C=O) groups is 2. The Morgan fingerprint density at radius 3 is 2.31 bits per heavy atom. The molecule has 7 nitrogen and oxygen atoms in total. The Kier molecular flexibility index (Phi) is 7.70. The van der Waals surface area contributed by atoms with Crippen molar-refractivity contribution in [3.8, 4) is 11.5 Å². The number of nitrogens with one attached hydrogen (secondary N) is 2. The van der Waals surface area contributed by atoms with Crippen LogP contribution < -0.4 is 20.1 Å². The van der Waals surface area contributed by atoms with Gasteiger partial charge in [-0.25, -0.2) is 0 Å². The van der Waals surface area contributed by atoms with Gasteiger partial charge < -0.3 is 24.5 Å². The lowest BCUT2D eigenvalue weighted by atomic mass is 10.1. The van der Waals surface area contributed by atoms with Crippen molar-refractivity contribution in [2.75, 3.05) is 12.4 Å². The highest BCUT2D eigenvalue weighted by atomic mass is 35.5. The van der Waals surface area contributed by atoms with Gasteiger partial charge in [-0.15, -0.1) is 0 Å². The van der Waals surface area contributed by atoms with Crippen LogP contribution in [0.25, 0.3) is 0 Å². The van der Waals surface area contributed by atoms with E-state index in [1.165, 1.54) is 13.4 Å². The summed E-state index contributed by atoms with van der Waals surface area (Å²) in [6.45, 7) is 0.666. The second-order valence-corrected chi connectivity index (χ2v) is 8.03. The molecule has 35 heavy (non-hydrogen) atoms. The molecule has 0 saturated heterocycles. The SMILES string of the molecule is COc1cc(C(=O)NCc2ccc(NC(=O)c3ccco3)cc2)ccc1OCc1ccc(Cl)cc1. The molecule has 178 valence electrons. The average molecular weight is 491 g/mol. The molecule has 0 atom stereocenters. The third-order valence-corrected chi connectivity index (χ3v) is 5.40. The third kappa shape index (κ3) is 6.43. The van der Waals surface area contributed by atoms with Crippen LogP contribution in [0, 0.1) is 0 Å². The summed E-state index contributed by atoms with van der Waals surface area (Å²) in [5, 5.41) is 6.29. The number of amides is 2. The van der Waals surface area contributed by atoms with Crippen LogP contribution in [-0.2, 0) is 13.2 Å². The fourth-order valence-corrected chi connectivity index (χ4v) is 3.39. The normalized spacial score (nSPS) is 10.5. The Bertz CT molecular complexity index is 1290. The van der Waals surface area contributed by atoms with Gasteiger partial charge in [0.2, 0.25) is 0 Å². The smallest absolute Gasteiger partial charge is 0.291 e. The minimum absolute atomic E-state index is 0.234. The zero-order valence-electron chi connectivity index (χ0n) is 18.9. The highest BCUT2D eigenvalue weighted by Crippen LogP contribution is 2.29. The van der Waals surface area contributed by atoms with Crippen molar-refractivity contribution >= 4 is 29.1 Å². The number of hydrogen-bond acceptors (Lipinski definition) is 5. The van der Waals surface area contributed by atoms with Crippen LogP contribution >= 0.6 is 11.6 Å². The maximum Gasteiger partial charge on any atom is 0.291 e. The van der Waals surface area contributed by atoms with E-state index in [0.29, 0.717) is 40.9 Å². The van der Waals surface area contributed by atoms with Crippen LogP contribution in [0.5, 0.6) is 11.5 Å². The van der Waals surface area contributed by atoms with Gasteiger partial charge in [-0.1, -0.05) is 35.9 Å². The Morgan fingerprint density at radius 2 is 1.63 bits per heavy atom. The van der Waals surface area contributed by atoms with E-state index in [2.05, 4.69) is 10.6 Å². The number of ether oxygens (including phenoxy) is 2. The summed E-state index contributed by atoms with van der Waals surface area (Å²) < 4.78 is 16.3. The quantitative estimate of drug-likeness (QED) is 0.314.